The van der Waals surface area contributed by atoms with Crippen molar-refractivity contribution in [2.45, 2.75) is 36.6 Å². The van der Waals surface area contributed by atoms with E-state index in [-0.39, 0.29) is 0 Å². The number of ketones is 1. The van der Waals surface area contributed by atoms with Gasteiger partial charge in [0.25, 0.3) is 0 Å². The maximum absolute atomic E-state index is 10.8. The summed E-state index contributed by atoms with van der Waals surface area (Å²) in [6.07, 6.45) is -12.4. The molecule has 8 N–H and O–H groups in total. The number of carbonyl (C=O) groups excluding carboxylic acids is 1. The first kappa shape index (κ1) is 17.4. The standard InChI is InChI=1S/C9H18O9/c10-1-3(12)5(14)7(16)9(18)8(17)6(15)4(13)2-11/h3,5-12,14-18H,1-2H2/t3-,5-,6+,7-,8-,9-/m1/s1. The number of carbonyl (C=O) groups is 1. The Morgan fingerprint density at radius 2 is 1.22 bits per heavy atom. The van der Waals surface area contributed by atoms with Crippen LogP contribution in [0.1, 0.15) is 0 Å². The topological polar surface area (TPSA) is 179 Å². The van der Waals surface area contributed by atoms with Crippen LogP contribution in [0.15, 0.2) is 0 Å². The van der Waals surface area contributed by atoms with Crippen molar-refractivity contribution in [1.82, 2.24) is 0 Å². The van der Waals surface area contributed by atoms with Gasteiger partial charge in [0.05, 0.1) is 6.61 Å². The fourth-order valence-corrected chi connectivity index (χ4v) is 1.21. The van der Waals surface area contributed by atoms with E-state index in [2.05, 4.69) is 0 Å². The molecule has 0 aromatic heterocycles. The summed E-state index contributed by atoms with van der Waals surface area (Å²) in [5.41, 5.74) is 0. The first-order chi connectivity index (χ1) is 8.27. The predicted octanol–water partition coefficient (Wildman–Crippen LogP) is -5.29. The third-order valence-corrected chi connectivity index (χ3v) is 2.44. The first-order valence-electron chi connectivity index (χ1n) is 5.10. The summed E-state index contributed by atoms with van der Waals surface area (Å²) in [5.74, 6) is -1.19. The minimum absolute atomic E-state index is 0.904. The van der Waals surface area contributed by atoms with Crippen molar-refractivity contribution < 1.29 is 45.6 Å². The molecule has 9 nitrogen and oxygen atoms in total. The molecule has 0 fully saturated rings. The summed E-state index contributed by atoms with van der Waals surface area (Å²) >= 11 is 0. The number of Topliss-reactive ketones (excluding diaryl/α,β-unsaturated/α-hetero) is 1. The van der Waals surface area contributed by atoms with Crippen molar-refractivity contribution in [2.75, 3.05) is 13.2 Å². The maximum atomic E-state index is 10.8. The maximum Gasteiger partial charge on any atom is 0.189 e. The Labute approximate surface area is 102 Å². The third kappa shape index (κ3) is 4.23. The zero-order valence-corrected chi connectivity index (χ0v) is 9.36. The highest BCUT2D eigenvalue weighted by Gasteiger charge is 2.38. The normalized spacial score (nSPS) is 21.8. The van der Waals surface area contributed by atoms with E-state index in [0.29, 0.717) is 0 Å². The quantitative estimate of drug-likeness (QED) is 0.214. The molecule has 0 aliphatic heterocycles. The molecule has 0 unspecified atom stereocenters. The summed E-state index contributed by atoms with van der Waals surface area (Å²) in [6.45, 7) is -1.98. The molecular formula is C9H18O9. The van der Waals surface area contributed by atoms with Crippen molar-refractivity contribution in [3.63, 3.8) is 0 Å². The van der Waals surface area contributed by atoms with Gasteiger partial charge in [-0.15, -0.1) is 0 Å². The SMILES string of the molecule is O=C(CO)[C@H](O)[C@@H](O)[C@H](O)[C@H](O)[C@H](O)[C@H](O)CO. The van der Waals surface area contributed by atoms with Crippen LogP contribution in [0.3, 0.4) is 0 Å². The second-order valence-corrected chi connectivity index (χ2v) is 3.78. The van der Waals surface area contributed by atoms with Gasteiger partial charge in [0.1, 0.15) is 43.2 Å². The molecule has 0 heterocycles. The molecule has 9 heteroatoms. The summed E-state index contributed by atoms with van der Waals surface area (Å²) in [4.78, 5) is 10.8. The van der Waals surface area contributed by atoms with E-state index in [1.54, 1.807) is 0 Å². The van der Waals surface area contributed by atoms with Crippen LogP contribution in [0.4, 0.5) is 0 Å². The van der Waals surface area contributed by atoms with Gasteiger partial charge in [-0.05, 0) is 0 Å². The Morgan fingerprint density at radius 1 is 0.778 bits per heavy atom. The monoisotopic (exact) mass is 270 g/mol. The minimum atomic E-state index is -2.17. The van der Waals surface area contributed by atoms with Gasteiger partial charge < -0.3 is 40.9 Å². The summed E-state index contributed by atoms with van der Waals surface area (Å²) < 4.78 is 0. The van der Waals surface area contributed by atoms with Gasteiger partial charge in [-0.25, -0.2) is 0 Å². The van der Waals surface area contributed by atoms with Crippen LogP contribution in [0.2, 0.25) is 0 Å². The number of hydrogen-bond acceptors (Lipinski definition) is 9. The van der Waals surface area contributed by atoms with Crippen LogP contribution in [0.5, 0.6) is 0 Å². The summed E-state index contributed by atoms with van der Waals surface area (Å²) in [7, 11) is 0. The van der Waals surface area contributed by atoms with Crippen LogP contribution in [-0.2, 0) is 4.79 Å². The van der Waals surface area contributed by atoms with Crippen molar-refractivity contribution in [1.29, 1.82) is 0 Å². The van der Waals surface area contributed by atoms with E-state index < -0.39 is 55.6 Å². The van der Waals surface area contributed by atoms with E-state index >= 15 is 0 Å². The van der Waals surface area contributed by atoms with E-state index in [0.717, 1.165) is 0 Å². The number of aliphatic hydroxyl groups excluding tert-OH is 8. The smallest absolute Gasteiger partial charge is 0.189 e. The molecule has 0 aliphatic rings. The lowest BCUT2D eigenvalue weighted by Crippen LogP contribution is -2.54. The van der Waals surface area contributed by atoms with Crippen molar-refractivity contribution in [3.8, 4) is 0 Å². The largest absolute Gasteiger partial charge is 0.394 e. The predicted molar refractivity (Wildman–Crippen MR) is 55.2 cm³/mol. The number of hydrogen-bond donors (Lipinski definition) is 8. The molecule has 0 spiro atoms. The molecule has 0 rings (SSSR count). The molecule has 0 aromatic carbocycles. The highest BCUT2D eigenvalue weighted by Crippen LogP contribution is 2.11. The Balaban J connectivity index is 4.62. The Hall–Kier alpha value is -0.650. The lowest BCUT2D eigenvalue weighted by Gasteiger charge is -2.29. The van der Waals surface area contributed by atoms with Crippen LogP contribution in [0.25, 0.3) is 0 Å². The lowest BCUT2D eigenvalue weighted by atomic mass is 9.95. The van der Waals surface area contributed by atoms with E-state index in [4.69, 9.17) is 20.4 Å². The van der Waals surface area contributed by atoms with Crippen LogP contribution in [0, 0.1) is 0 Å². The van der Waals surface area contributed by atoms with Gasteiger partial charge in [0.15, 0.2) is 5.78 Å². The number of rotatable bonds is 8. The highest BCUT2D eigenvalue weighted by molar-refractivity contribution is 5.84. The highest BCUT2D eigenvalue weighted by atomic mass is 16.4. The van der Waals surface area contributed by atoms with Crippen molar-refractivity contribution in [3.05, 3.63) is 0 Å². The van der Waals surface area contributed by atoms with Crippen LogP contribution in [-0.4, -0.2) is 96.5 Å². The fraction of sp³-hybridized carbons (Fsp3) is 0.889. The zero-order chi connectivity index (χ0) is 14.5. The Kier molecular flexibility index (Phi) is 7.43. The second kappa shape index (κ2) is 7.71. The molecule has 0 aliphatic carbocycles. The molecule has 18 heavy (non-hydrogen) atoms. The molecule has 0 saturated carbocycles. The van der Waals surface area contributed by atoms with Crippen molar-refractivity contribution in [2.24, 2.45) is 0 Å². The van der Waals surface area contributed by atoms with Gasteiger partial charge in [-0.1, -0.05) is 0 Å². The van der Waals surface area contributed by atoms with E-state index in [1.807, 2.05) is 0 Å². The number of aliphatic hydroxyl groups is 8. The van der Waals surface area contributed by atoms with E-state index in [9.17, 15) is 25.2 Å². The van der Waals surface area contributed by atoms with Gasteiger partial charge >= 0.3 is 0 Å². The van der Waals surface area contributed by atoms with Crippen molar-refractivity contribution >= 4 is 5.78 Å². The van der Waals surface area contributed by atoms with Crippen LogP contribution >= 0.6 is 0 Å². The van der Waals surface area contributed by atoms with Gasteiger partial charge in [0.2, 0.25) is 0 Å². The molecule has 108 valence electrons. The molecule has 0 saturated heterocycles. The average Bonchev–Trinajstić information content (AvgIpc) is 2.40. The van der Waals surface area contributed by atoms with Gasteiger partial charge in [0, 0.05) is 0 Å². The molecule has 0 radical (unpaired) electrons. The average molecular weight is 270 g/mol. The fourth-order valence-electron chi connectivity index (χ4n) is 1.21. The summed E-state index contributed by atoms with van der Waals surface area (Å²) in [5, 5.41) is 72.4. The minimum Gasteiger partial charge on any atom is -0.394 e. The second-order valence-electron chi connectivity index (χ2n) is 3.78. The third-order valence-electron chi connectivity index (χ3n) is 2.44. The summed E-state index contributed by atoms with van der Waals surface area (Å²) in [6, 6.07) is 0. The van der Waals surface area contributed by atoms with Gasteiger partial charge in [-0.3, -0.25) is 4.79 Å². The van der Waals surface area contributed by atoms with Crippen LogP contribution < -0.4 is 0 Å². The molecule has 0 aromatic rings. The van der Waals surface area contributed by atoms with Gasteiger partial charge in [-0.2, -0.15) is 0 Å². The zero-order valence-electron chi connectivity index (χ0n) is 9.36. The molecule has 6 atom stereocenters. The Bertz CT molecular complexity index is 258. The first-order valence-corrected chi connectivity index (χ1v) is 5.10. The Morgan fingerprint density at radius 3 is 1.61 bits per heavy atom. The van der Waals surface area contributed by atoms with E-state index in [1.165, 1.54) is 0 Å². The lowest BCUT2D eigenvalue weighted by molar-refractivity contribution is -0.165. The molecule has 0 amide bonds. The molecular weight excluding hydrogens is 252 g/mol. The molecule has 0 bridgehead atoms.